The number of fused-ring (bicyclic) bond motifs is 2. The number of nitrogens with one attached hydrogen (secondary N) is 1. The number of hydrogen-bond donors (Lipinski definition) is 1. The molecule has 216 valence electrons. The van der Waals surface area contributed by atoms with E-state index in [9.17, 15) is 4.79 Å². The monoisotopic (exact) mass is 584 g/mol. The third-order valence-electron chi connectivity index (χ3n) is 7.26. The number of pyridine rings is 1. The molecule has 1 amide bonds. The number of rotatable bonds is 7. The second kappa shape index (κ2) is 11.8. The summed E-state index contributed by atoms with van der Waals surface area (Å²) < 4.78 is 8.15. The number of amides is 1. The molecule has 1 N–H and O–H groups in total. The van der Waals surface area contributed by atoms with Gasteiger partial charge in [-0.15, -0.1) is 12.4 Å². The number of carbonyl (C=O) groups excluding carboxylic acids is 1. The van der Waals surface area contributed by atoms with Gasteiger partial charge in [-0.3, -0.25) is 9.69 Å². The SMILES string of the molecule is Cc1cc(Nc2ncnc3ccc(N4C[C@@H](C)/C(=C\CN(C)C)C4=O)nc23)ccc1Oc1ccc2c(c1)ncn2C.Cl. The molecule has 0 aliphatic carbocycles. The molecular weight excluding hydrogens is 552 g/mol. The van der Waals surface area contributed by atoms with Crippen LogP contribution in [-0.4, -0.2) is 62.5 Å². The molecule has 6 rings (SSSR count). The normalized spacial score (nSPS) is 16.0. The highest BCUT2D eigenvalue weighted by Gasteiger charge is 2.34. The van der Waals surface area contributed by atoms with Crippen LogP contribution in [0, 0.1) is 12.8 Å². The number of anilines is 3. The second-order valence-corrected chi connectivity index (χ2v) is 10.7. The lowest BCUT2D eigenvalue weighted by atomic mass is 10.0. The molecule has 0 unspecified atom stereocenters. The van der Waals surface area contributed by atoms with E-state index in [1.54, 1.807) is 11.2 Å². The summed E-state index contributed by atoms with van der Waals surface area (Å²) in [7, 11) is 5.95. The van der Waals surface area contributed by atoms with E-state index in [4.69, 9.17) is 9.72 Å². The highest BCUT2D eigenvalue weighted by molar-refractivity contribution is 6.08. The van der Waals surface area contributed by atoms with E-state index in [2.05, 4.69) is 27.2 Å². The quantitative estimate of drug-likeness (QED) is 0.245. The maximum absolute atomic E-state index is 13.2. The van der Waals surface area contributed by atoms with Crippen LogP contribution in [0.4, 0.5) is 17.3 Å². The molecule has 10 nitrogen and oxygen atoms in total. The number of benzene rings is 2. The van der Waals surface area contributed by atoms with Gasteiger partial charge in [-0.1, -0.05) is 13.0 Å². The Morgan fingerprint density at radius 3 is 2.69 bits per heavy atom. The number of imidazole rings is 1. The Labute approximate surface area is 250 Å². The van der Waals surface area contributed by atoms with Crippen LogP contribution in [0.25, 0.3) is 22.1 Å². The van der Waals surface area contributed by atoms with Crippen molar-refractivity contribution in [2.75, 3.05) is 37.4 Å². The van der Waals surface area contributed by atoms with Crippen molar-refractivity contribution < 1.29 is 9.53 Å². The summed E-state index contributed by atoms with van der Waals surface area (Å²) in [6.07, 6.45) is 5.31. The summed E-state index contributed by atoms with van der Waals surface area (Å²) >= 11 is 0. The largest absolute Gasteiger partial charge is 0.457 e. The van der Waals surface area contributed by atoms with Crippen LogP contribution in [0.5, 0.6) is 11.5 Å². The maximum Gasteiger partial charge on any atom is 0.255 e. The van der Waals surface area contributed by atoms with Crippen LogP contribution in [0.1, 0.15) is 12.5 Å². The Morgan fingerprint density at radius 1 is 1.07 bits per heavy atom. The van der Waals surface area contributed by atoms with Crippen molar-refractivity contribution in [1.82, 2.24) is 29.4 Å². The number of ether oxygens (including phenoxy) is 1. The minimum atomic E-state index is -0.00836. The van der Waals surface area contributed by atoms with E-state index >= 15 is 0 Å². The summed E-state index contributed by atoms with van der Waals surface area (Å²) in [4.78, 5) is 35.1. The number of hydrogen-bond acceptors (Lipinski definition) is 8. The summed E-state index contributed by atoms with van der Waals surface area (Å²) in [5.41, 5.74) is 5.83. The minimum Gasteiger partial charge on any atom is -0.457 e. The van der Waals surface area contributed by atoms with Crippen molar-refractivity contribution in [2.45, 2.75) is 13.8 Å². The highest BCUT2D eigenvalue weighted by Crippen LogP contribution is 2.32. The fourth-order valence-corrected chi connectivity index (χ4v) is 5.05. The summed E-state index contributed by atoms with van der Waals surface area (Å²) in [5.74, 6) is 2.74. The molecule has 1 aliphatic rings. The van der Waals surface area contributed by atoms with Crippen molar-refractivity contribution in [3.63, 3.8) is 0 Å². The van der Waals surface area contributed by atoms with Gasteiger partial charge in [0.05, 0.1) is 22.9 Å². The van der Waals surface area contributed by atoms with Gasteiger partial charge in [0, 0.05) is 43.4 Å². The predicted octanol–water partition coefficient (Wildman–Crippen LogP) is 5.65. The molecule has 1 fully saturated rings. The van der Waals surface area contributed by atoms with Gasteiger partial charge < -0.3 is 19.5 Å². The smallest absolute Gasteiger partial charge is 0.255 e. The minimum absolute atomic E-state index is 0. The third-order valence-corrected chi connectivity index (χ3v) is 7.26. The van der Waals surface area contributed by atoms with E-state index in [1.807, 2.05) is 92.1 Å². The van der Waals surface area contributed by atoms with Gasteiger partial charge >= 0.3 is 0 Å². The lowest BCUT2D eigenvalue weighted by Crippen LogP contribution is -2.26. The molecule has 0 spiro atoms. The third kappa shape index (κ3) is 5.63. The molecule has 1 atom stereocenters. The lowest BCUT2D eigenvalue weighted by Gasteiger charge is -2.16. The predicted molar refractivity (Wildman–Crippen MR) is 168 cm³/mol. The zero-order chi connectivity index (χ0) is 28.7. The van der Waals surface area contributed by atoms with Gasteiger partial charge in [0.15, 0.2) is 5.82 Å². The molecule has 2 aromatic carbocycles. The first kappa shape index (κ1) is 29.0. The van der Waals surface area contributed by atoms with Crippen molar-refractivity contribution in [2.24, 2.45) is 13.0 Å². The Morgan fingerprint density at radius 2 is 1.90 bits per heavy atom. The molecule has 0 bridgehead atoms. The van der Waals surface area contributed by atoms with Gasteiger partial charge in [0.1, 0.15) is 29.2 Å². The van der Waals surface area contributed by atoms with E-state index in [1.165, 1.54) is 6.33 Å². The zero-order valence-electron chi connectivity index (χ0n) is 24.2. The Hall–Kier alpha value is -4.54. The number of aryl methyl sites for hydroxylation is 2. The number of carbonyl (C=O) groups is 1. The Balaban J connectivity index is 0.00000353. The molecular formula is C31H33ClN8O2. The van der Waals surface area contributed by atoms with Crippen molar-refractivity contribution >= 4 is 57.7 Å². The van der Waals surface area contributed by atoms with Crippen molar-refractivity contribution in [3.8, 4) is 11.5 Å². The van der Waals surface area contributed by atoms with Gasteiger partial charge in [-0.2, -0.15) is 0 Å². The van der Waals surface area contributed by atoms with Crippen molar-refractivity contribution in [3.05, 3.63) is 78.4 Å². The molecule has 11 heteroatoms. The van der Waals surface area contributed by atoms with Gasteiger partial charge in [-0.25, -0.2) is 19.9 Å². The molecule has 0 saturated carbocycles. The first-order valence-electron chi connectivity index (χ1n) is 13.5. The first-order chi connectivity index (χ1) is 19.8. The molecule has 0 radical (unpaired) electrons. The van der Waals surface area contributed by atoms with E-state index in [0.29, 0.717) is 29.2 Å². The van der Waals surface area contributed by atoms with Crippen LogP contribution < -0.4 is 15.0 Å². The molecule has 1 aliphatic heterocycles. The van der Waals surface area contributed by atoms with Gasteiger partial charge in [0.25, 0.3) is 5.91 Å². The van der Waals surface area contributed by atoms with Crippen LogP contribution in [0.3, 0.4) is 0 Å². The molecule has 1 saturated heterocycles. The summed E-state index contributed by atoms with van der Waals surface area (Å²) in [6, 6.07) is 15.5. The van der Waals surface area contributed by atoms with Crippen LogP contribution in [0.15, 0.2) is 72.8 Å². The Kier molecular flexibility index (Phi) is 8.11. The Bertz CT molecular complexity index is 1820. The number of nitrogens with zero attached hydrogens (tertiary/aromatic N) is 7. The average molecular weight is 585 g/mol. The second-order valence-electron chi connectivity index (χ2n) is 10.7. The molecule has 4 heterocycles. The topological polar surface area (TPSA) is 101 Å². The van der Waals surface area contributed by atoms with Crippen LogP contribution >= 0.6 is 12.4 Å². The zero-order valence-corrected chi connectivity index (χ0v) is 25.0. The maximum atomic E-state index is 13.2. The number of likely N-dealkylation sites (N-methyl/N-ethyl adjacent to an activating group) is 1. The van der Waals surface area contributed by atoms with Gasteiger partial charge in [0.2, 0.25) is 0 Å². The van der Waals surface area contributed by atoms with Gasteiger partial charge in [-0.05, 0) is 69.0 Å². The molecule has 42 heavy (non-hydrogen) atoms. The van der Waals surface area contributed by atoms with Crippen LogP contribution in [0.2, 0.25) is 0 Å². The van der Waals surface area contributed by atoms with E-state index in [-0.39, 0.29) is 24.2 Å². The molecule has 5 aromatic rings. The highest BCUT2D eigenvalue weighted by atomic mass is 35.5. The van der Waals surface area contributed by atoms with E-state index < -0.39 is 0 Å². The molecule has 3 aromatic heterocycles. The fraction of sp³-hybridized carbons (Fsp3) is 0.258. The van der Waals surface area contributed by atoms with E-state index in [0.717, 1.165) is 45.9 Å². The number of halogens is 1. The number of aromatic nitrogens is 5. The fourth-order valence-electron chi connectivity index (χ4n) is 5.05. The lowest BCUT2D eigenvalue weighted by molar-refractivity contribution is -0.114. The van der Waals surface area contributed by atoms with Crippen LogP contribution in [-0.2, 0) is 11.8 Å². The first-order valence-corrected chi connectivity index (χ1v) is 13.5. The standard InChI is InChI=1S/C31H32N8O2.ClH/c1-19-14-21(6-10-27(19)41-22-7-9-26-25(15-22)34-18-38(26)5)35-30-29-24(32-17-33-30)8-11-28(36-29)39-16-20(2)23(31(39)40)12-13-37(3)4;/h6-12,14-15,17-18,20H,13,16H2,1-5H3,(H,32,33,35);1H/b23-12+;/t20-;/m1./s1. The average Bonchev–Trinajstić information content (AvgIpc) is 3.46. The summed E-state index contributed by atoms with van der Waals surface area (Å²) in [6.45, 7) is 5.37. The summed E-state index contributed by atoms with van der Waals surface area (Å²) in [5, 5.41) is 3.38. The van der Waals surface area contributed by atoms with Crippen molar-refractivity contribution in [1.29, 1.82) is 0 Å².